The Morgan fingerprint density at radius 3 is 2.75 bits per heavy atom. The Morgan fingerprint density at radius 2 is 2.08 bits per heavy atom. The van der Waals surface area contributed by atoms with E-state index in [1.807, 2.05) is 47.8 Å². The summed E-state index contributed by atoms with van der Waals surface area (Å²) in [7, 11) is 1.95. The van der Waals surface area contributed by atoms with Crippen molar-refractivity contribution in [2.75, 3.05) is 6.54 Å². The molecule has 0 spiro atoms. The molecule has 1 saturated heterocycles. The SMILES string of the molecule is Cc1nn(C)c(C)c1CCC(=O)N1CCCC1c1ccccc1Cl. The Morgan fingerprint density at radius 1 is 1.33 bits per heavy atom. The molecule has 2 heterocycles. The molecule has 3 rings (SSSR count). The van der Waals surface area contributed by atoms with E-state index in [9.17, 15) is 4.79 Å². The van der Waals surface area contributed by atoms with Gasteiger partial charge in [0.15, 0.2) is 0 Å². The van der Waals surface area contributed by atoms with Gasteiger partial charge in [-0.15, -0.1) is 0 Å². The largest absolute Gasteiger partial charge is 0.336 e. The van der Waals surface area contributed by atoms with Gasteiger partial charge in [0, 0.05) is 30.7 Å². The van der Waals surface area contributed by atoms with Gasteiger partial charge in [0.05, 0.1) is 11.7 Å². The van der Waals surface area contributed by atoms with Crippen LogP contribution in [0, 0.1) is 13.8 Å². The van der Waals surface area contributed by atoms with E-state index < -0.39 is 0 Å². The minimum absolute atomic E-state index is 0.113. The van der Waals surface area contributed by atoms with Crippen molar-refractivity contribution >= 4 is 17.5 Å². The minimum atomic E-state index is 0.113. The number of aromatic nitrogens is 2. The van der Waals surface area contributed by atoms with Crippen LogP contribution in [0.1, 0.15) is 47.8 Å². The number of benzene rings is 1. The average molecular weight is 346 g/mol. The van der Waals surface area contributed by atoms with Gasteiger partial charge in [0.25, 0.3) is 0 Å². The van der Waals surface area contributed by atoms with E-state index in [0.29, 0.717) is 6.42 Å². The molecule has 1 aromatic carbocycles. The van der Waals surface area contributed by atoms with Gasteiger partial charge >= 0.3 is 0 Å². The summed E-state index contributed by atoms with van der Waals surface area (Å²) in [4.78, 5) is 14.8. The van der Waals surface area contributed by atoms with E-state index in [0.717, 1.165) is 47.8 Å². The van der Waals surface area contributed by atoms with E-state index in [4.69, 9.17) is 11.6 Å². The van der Waals surface area contributed by atoms with Gasteiger partial charge in [-0.05, 0) is 50.3 Å². The monoisotopic (exact) mass is 345 g/mol. The van der Waals surface area contributed by atoms with Crippen LogP contribution in [0.4, 0.5) is 0 Å². The number of nitrogens with zero attached hydrogens (tertiary/aromatic N) is 3. The van der Waals surface area contributed by atoms with Crippen LogP contribution in [0.3, 0.4) is 0 Å². The van der Waals surface area contributed by atoms with Crippen LogP contribution in [0.5, 0.6) is 0 Å². The highest BCUT2D eigenvalue weighted by atomic mass is 35.5. The molecule has 1 unspecified atom stereocenters. The fourth-order valence-corrected chi connectivity index (χ4v) is 3.95. The van der Waals surface area contributed by atoms with Crippen molar-refractivity contribution in [3.63, 3.8) is 0 Å². The van der Waals surface area contributed by atoms with Gasteiger partial charge in [-0.25, -0.2) is 0 Å². The van der Waals surface area contributed by atoms with Crippen LogP contribution >= 0.6 is 11.6 Å². The number of halogens is 1. The summed E-state index contributed by atoms with van der Waals surface area (Å²) < 4.78 is 1.89. The topological polar surface area (TPSA) is 38.1 Å². The maximum atomic E-state index is 12.8. The average Bonchev–Trinajstić information content (AvgIpc) is 3.12. The summed E-state index contributed by atoms with van der Waals surface area (Å²) >= 11 is 6.34. The van der Waals surface area contributed by atoms with Crippen molar-refractivity contribution in [1.82, 2.24) is 14.7 Å². The molecule has 1 amide bonds. The third-order valence-corrected chi connectivity index (χ3v) is 5.43. The summed E-state index contributed by atoms with van der Waals surface area (Å²) in [6.45, 7) is 4.89. The van der Waals surface area contributed by atoms with Gasteiger partial charge in [-0.2, -0.15) is 5.10 Å². The molecule has 0 saturated carbocycles. The first-order valence-electron chi connectivity index (χ1n) is 8.52. The second-order valence-corrected chi connectivity index (χ2v) is 6.95. The second-order valence-electron chi connectivity index (χ2n) is 6.54. The zero-order chi connectivity index (χ0) is 17.3. The van der Waals surface area contributed by atoms with E-state index in [-0.39, 0.29) is 11.9 Å². The Labute approximate surface area is 148 Å². The maximum Gasteiger partial charge on any atom is 0.223 e. The van der Waals surface area contributed by atoms with Gasteiger partial charge in [0.2, 0.25) is 5.91 Å². The Bertz CT molecular complexity index is 753. The number of hydrogen-bond acceptors (Lipinski definition) is 2. The molecule has 0 aliphatic carbocycles. The van der Waals surface area contributed by atoms with Crippen LogP contribution in [-0.4, -0.2) is 27.1 Å². The molecule has 2 aromatic rings. The third kappa shape index (κ3) is 3.20. The lowest BCUT2D eigenvalue weighted by Crippen LogP contribution is -2.30. The van der Waals surface area contributed by atoms with Crippen molar-refractivity contribution in [3.05, 3.63) is 51.8 Å². The predicted molar refractivity (Wildman–Crippen MR) is 96.1 cm³/mol. The molecular formula is C19H24ClN3O. The van der Waals surface area contributed by atoms with Crippen LogP contribution in [0.2, 0.25) is 5.02 Å². The number of carbonyl (C=O) groups excluding carboxylic acids is 1. The van der Waals surface area contributed by atoms with E-state index in [2.05, 4.69) is 12.0 Å². The molecule has 0 bridgehead atoms. The lowest BCUT2D eigenvalue weighted by Gasteiger charge is -2.26. The highest BCUT2D eigenvalue weighted by Gasteiger charge is 2.30. The van der Waals surface area contributed by atoms with Crippen molar-refractivity contribution < 1.29 is 4.79 Å². The summed E-state index contributed by atoms with van der Waals surface area (Å²) in [5.41, 5.74) is 4.43. The number of rotatable bonds is 4. The molecular weight excluding hydrogens is 322 g/mol. The Balaban J connectivity index is 1.71. The van der Waals surface area contributed by atoms with Gasteiger partial charge in [-0.1, -0.05) is 29.8 Å². The van der Waals surface area contributed by atoms with Gasteiger partial charge in [-0.3, -0.25) is 9.48 Å². The number of likely N-dealkylation sites (tertiary alicyclic amines) is 1. The smallest absolute Gasteiger partial charge is 0.223 e. The molecule has 24 heavy (non-hydrogen) atoms. The zero-order valence-corrected chi connectivity index (χ0v) is 15.3. The van der Waals surface area contributed by atoms with E-state index in [1.165, 1.54) is 5.56 Å². The summed E-state index contributed by atoms with van der Waals surface area (Å²) in [6, 6.07) is 7.97. The third-order valence-electron chi connectivity index (χ3n) is 5.09. The summed E-state index contributed by atoms with van der Waals surface area (Å²) in [6.07, 6.45) is 3.29. The van der Waals surface area contributed by atoms with Gasteiger partial charge in [0.1, 0.15) is 0 Å². The second kappa shape index (κ2) is 6.98. The molecule has 1 aliphatic rings. The van der Waals surface area contributed by atoms with E-state index in [1.54, 1.807) is 0 Å². The van der Waals surface area contributed by atoms with Crippen LogP contribution in [0.15, 0.2) is 24.3 Å². The number of hydrogen-bond donors (Lipinski definition) is 0. The van der Waals surface area contributed by atoms with E-state index >= 15 is 0 Å². The predicted octanol–water partition coefficient (Wildman–Crippen LogP) is 3.99. The number of carbonyl (C=O) groups is 1. The number of amides is 1. The molecule has 0 N–H and O–H groups in total. The van der Waals surface area contributed by atoms with Crippen molar-refractivity contribution in [2.24, 2.45) is 7.05 Å². The normalized spacial score (nSPS) is 17.5. The first-order chi connectivity index (χ1) is 11.5. The lowest BCUT2D eigenvalue weighted by molar-refractivity contribution is -0.132. The van der Waals surface area contributed by atoms with Crippen LogP contribution in [0.25, 0.3) is 0 Å². The summed E-state index contributed by atoms with van der Waals surface area (Å²) in [5, 5.41) is 5.19. The van der Waals surface area contributed by atoms with Crippen molar-refractivity contribution in [3.8, 4) is 0 Å². The highest BCUT2D eigenvalue weighted by Crippen LogP contribution is 2.36. The molecule has 0 radical (unpaired) electrons. The van der Waals surface area contributed by atoms with Crippen molar-refractivity contribution in [2.45, 2.75) is 45.6 Å². The standard InChI is InChI=1S/C19H24ClN3O/c1-13-15(14(2)22(3)21-13)10-11-19(24)23-12-6-9-18(23)16-7-4-5-8-17(16)20/h4-5,7-8,18H,6,9-12H2,1-3H3. The molecule has 1 fully saturated rings. The van der Waals surface area contributed by atoms with Crippen LogP contribution in [-0.2, 0) is 18.3 Å². The van der Waals surface area contributed by atoms with Gasteiger partial charge < -0.3 is 4.90 Å². The zero-order valence-electron chi connectivity index (χ0n) is 14.6. The van der Waals surface area contributed by atoms with Crippen LogP contribution < -0.4 is 0 Å². The molecule has 1 atom stereocenters. The lowest BCUT2D eigenvalue weighted by atomic mass is 10.0. The molecule has 1 aliphatic heterocycles. The number of aryl methyl sites for hydroxylation is 2. The first-order valence-corrected chi connectivity index (χ1v) is 8.89. The molecule has 4 nitrogen and oxygen atoms in total. The quantitative estimate of drug-likeness (QED) is 0.840. The molecule has 128 valence electrons. The minimum Gasteiger partial charge on any atom is -0.336 e. The maximum absolute atomic E-state index is 12.8. The molecule has 5 heteroatoms. The fraction of sp³-hybridized carbons (Fsp3) is 0.474. The first kappa shape index (κ1) is 17.0. The highest BCUT2D eigenvalue weighted by molar-refractivity contribution is 6.31. The summed E-state index contributed by atoms with van der Waals surface area (Å²) in [5.74, 6) is 0.208. The molecule has 1 aromatic heterocycles. The Kier molecular flexibility index (Phi) is 4.95. The fourth-order valence-electron chi connectivity index (χ4n) is 3.69. The Hall–Kier alpha value is -1.81. The van der Waals surface area contributed by atoms with Crippen molar-refractivity contribution in [1.29, 1.82) is 0 Å².